The summed E-state index contributed by atoms with van der Waals surface area (Å²) >= 11 is 0. The van der Waals surface area contributed by atoms with E-state index >= 15 is 0 Å². The third kappa shape index (κ3) is 4.95. The molecule has 140 valence electrons. The standard InChI is InChI=1S/C19H25N3O3S/c1-26(24,25)22-12-9-18(10-13-22)21-19(23)20-11-8-15-6-7-16-4-2-3-5-17(16)14-15/h2-7,14,18H,8-13H2,1H3,(H2,20,21,23). The van der Waals surface area contributed by atoms with E-state index < -0.39 is 10.0 Å². The van der Waals surface area contributed by atoms with Crippen LogP contribution in [0.5, 0.6) is 0 Å². The van der Waals surface area contributed by atoms with Crippen molar-refractivity contribution < 1.29 is 13.2 Å². The van der Waals surface area contributed by atoms with Crippen LogP contribution in [0.3, 0.4) is 0 Å². The van der Waals surface area contributed by atoms with Crippen LogP contribution in [0, 0.1) is 0 Å². The van der Waals surface area contributed by atoms with E-state index in [-0.39, 0.29) is 12.1 Å². The lowest BCUT2D eigenvalue weighted by atomic mass is 10.1. The van der Waals surface area contributed by atoms with Gasteiger partial charge in [-0.2, -0.15) is 0 Å². The average Bonchev–Trinajstić information content (AvgIpc) is 2.61. The lowest BCUT2D eigenvalue weighted by Gasteiger charge is -2.30. The van der Waals surface area contributed by atoms with Crippen molar-refractivity contribution in [2.24, 2.45) is 0 Å². The minimum Gasteiger partial charge on any atom is -0.338 e. The Labute approximate surface area is 154 Å². The van der Waals surface area contributed by atoms with Crippen LogP contribution < -0.4 is 10.6 Å². The molecular formula is C19H25N3O3S. The highest BCUT2D eigenvalue weighted by Crippen LogP contribution is 2.16. The molecule has 0 saturated carbocycles. The molecule has 0 unspecified atom stereocenters. The molecule has 0 aliphatic carbocycles. The van der Waals surface area contributed by atoms with Crippen molar-refractivity contribution in [3.05, 3.63) is 48.0 Å². The molecule has 1 aliphatic heterocycles. The third-order valence-corrected chi connectivity index (χ3v) is 6.07. The largest absolute Gasteiger partial charge is 0.338 e. The van der Waals surface area contributed by atoms with Gasteiger partial charge in [0.05, 0.1) is 6.26 Å². The Morgan fingerprint density at radius 2 is 1.81 bits per heavy atom. The Hall–Kier alpha value is -2.12. The molecule has 0 atom stereocenters. The molecule has 2 amide bonds. The summed E-state index contributed by atoms with van der Waals surface area (Å²) < 4.78 is 24.5. The molecule has 0 aromatic heterocycles. The number of nitrogens with zero attached hydrogens (tertiary/aromatic N) is 1. The number of carbonyl (C=O) groups excluding carboxylic acids is 1. The molecule has 2 aromatic carbocycles. The highest BCUT2D eigenvalue weighted by atomic mass is 32.2. The van der Waals surface area contributed by atoms with Gasteiger partial charge in [-0.3, -0.25) is 0 Å². The lowest BCUT2D eigenvalue weighted by molar-refractivity contribution is 0.228. The molecule has 26 heavy (non-hydrogen) atoms. The fraction of sp³-hybridized carbons (Fsp3) is 0.421. The summed E-state index contributed by atoms with van der Waals surface area (Å²) in [6, 6.07) is 14.4. The zero-order chi connectivity index (χ0) is 18.6. The third-order valence-electron chi connectivity index (χ3n) is 4.77. The van der Waals surface area contributed by atoms with E-state index in [4.69, 9.17) is 0 Å². The van der Waals surface area contributed by atoms with Gasteiger partial charge in [0.15, 0.2) is 0 Å². The van der Waals surface area contributed by atoms with E-state index in [0.29, 0.717) is 32.5 Å². The Morgan fingerprint density at radius 1 is 1.12 bits per heavy atom. The number of piperidine rings is 1. The molecule has 2 aromatic rings. The van der Waals surface area contributed by atoms with Crippen molar-refractivity contribution in [3.63, 3.8) is 0 Å². The highest BCUT2D eigenvalue weighted by Gasteiger charge is 2.25. The summed E-state index contributed by atoms with van der Waals surface area (Å²) in [7, 11) is -3.13. The Bertz CT molecular complexity index is 874. The zero-order valence-electron chi connectivity index (χ0n) is 14.9. The summed E-state index contributed by atoms with van der Waals surface area (Å²) in [5, 5.41) is 8.23. The van der Waals surface area contributed by atoms with Gasteiger partial charge in [0, 0.05) is 25.7 Å². The van der Waals surface area contributed by atoms with Crippen LogP contribution in [-0.4, -0.2) is 50.7 Å². The van der Waals surface area contributed by atoms with Gasteiger partial charge in [-0.25, -0.2) is 17.5 Å². The van der Waals surface area contributed by atoms with Gasteiger partial charge < -0.3 is 10.6 Å². The van der Waals surface area contributed by atoms with Gasteiger partial charge in [-0.05, 0) is 35.6 Å². The van der Waals surface area contributed by atoms with Crippen molar-refractivity contribution in [1.82, 2.24) is 14.9 Å². The number of benzene rings is 2. The summed E-state index contributed by atoms with van der Waals surface area (Å²) in [5.74, 6) is 0. The van der Waals surface area contributed by atoms with Gasteiger partial charge >= 0.3 is 6.03 Å². The van der Waals surface area contributed by atoms with Crippen LogP contribution in [-0.2, 0) is 16.4 Å². The summed E-state index contributed by atoms with van der Waals surface area (Å²) in [6.07, 6.45) is 3.28. The van der Waals surface area contributed by atoms with Crippen molar-refractivity contribution in [1.29, 1.82) is 0 Å². The van der Waals surface area contributed by atoms with Crippen LogP contribution in [0.25, 0.3) is 10.8 Å². The molecule has 2 N–H and O–H groups in total. The fourth-order valence-electron chi connectivity index (χ4n) is 3.28. The Balaban J connectivity index is 1.41. The van der Waals surface area contributed by atoms with Gasteiger partial charge in [-0.15, -0.1) is 0 Å². The van der Waals surface area contributed by atoms with Crippen LogP contribution in [0.1, 0.15) is 18.4 Å². The first-order chi connectivity index (χ1) is 12.4. The van der Waals surface area contributed by atoms with Gasteiger partial charge in [0.1, 0.15) is 0 Å². The predicted molar refractivity (Wildman–Crippen MR) is 104 cm³/mol. The van der Waals surface area contributed by atoms with Crippen molar-refractivity contribution in [2.75, 3.05) is 25.9 Å². The van der Waals surface area contributed by atoms with E-state index in [9.17, 15) is 13.2 Å². The normalized spacial score (nSPS) is 16.5. The minimum atomic E-state index is -3.13. The minimum absolute atomic E-state index is 0.0219. The molecule has 3 rings (SSSR count). The van der Waals surface area contributed by atoms with Crippen LogP contribution in [0.4, 0.5) is 4.79 Å². The second-order valence-corrected chi connectivity index (χ2v) is 8.75. The molecule has 1 heterocycles. The molecule has 1 saturated heterocycles. The predicted octanol–water partition coefficient (Wildman–Crippen LogP) is 2.11. The number of carbonyl (C=O) groups is 1. The summed E-state index contributed by atoms with van der Waals surface area (Å²) in [6.45, 7) is 1.48. The molecule has 7 heteroatoms. The molecular weight excluding hydrogens is 350 g/mol. The quantitative estimate of drug-likeness (QED) is 0.840. The number of hydrogen-bond donors (Lipinski definition) is 2. The fourth-order valence-corrected chi connectivity index (χ4v) is 4.16. The number of sulfonamides is 1. The van der Waals surface area contributed by atoms with E-state index in [0.717, 1.165) is 6.42 Å². The van der Waals surface area contributed by atoms with E-state index in [1.54, 1.807) is 0 Å². The topological polar surface area (TPSA) is 78.5 Å². The molecule has 1 aliphatic rings. The molecule has 1 fully saturated rings. The van der Waals surface area contributed by atoms with Gasteiger partial charge in [0.2, 0.25) is 10.0 Å². The molecule has 6 nitrogen and oxygen atoms in total. The number of amides is 2. The Morgan fingerprint density at radius 3 is 2.50 bits per heavy atom. The maximum Gasteiger partial charge on any atom is 0.315 e. The lowest BCUT2D eigenvalue weighted by Crippen LogP contribution is -2.49. The van der Waals surface area contributed by atoms with Crippen LogP contribution in [0.2, 0.25) is 0 Å². The smallest absolute Gasteiger partial charge is 0.315 e. The Kier molecular flexibility index (Phi) is 5.78. The number of urea groups is 1. The molecule has 0 spiro atoms. The van der Waals surface area contributed by atoms with Gasteiger partial charge in [0.25, 0.3) is 0 Å². The maximum absolute atomic E-state index is 12.0. The summed E-state index contributed by atoms with van der Waals surface area (Å²) in [4.78, 5) is 12.0. The van der Waals surface area contributed by atoms with Gasteiger partial charge in [-0.1, -0.05) is 42.5 Å². The summed E-state index contributed by atoms with van der Waals surface area (Å²) in [5.41, 5.74) is 1.19. The zero-order valence-corrected chi connectivity index (χ0v) is 15.8. The molecule has 0 radical (unpaired) electrons. The van der Waals surface area contributed by atoms with Crippen molar-refractivity contribution in [2.45, 2.75) is 25.3 Å². The van der Waals surface area contributed by atoms with Crippen LogP contribution in [0.15, 0.2) is 42.5 Å². The monoisotopic (exact) mass is 375 g/mol. The van der Waals surface area contributed by atoms with Crippen molar-refractivity contribution in [3.8, 4) is 0 Å². The molecule has 0 bridgehead atoms. The number of nitrogens with one attached hydrogen (secondary N) is 2. The second kappa shape index (κ2) is 8.05. The van der Waals surface area contributed by atoms with E-state index in [2.05, 4.69) is 41.0 Å². The second-order valence-electron chi connectivity index (χ2n) is 6.77. The first-order valence-electron chi connectivity index (χ1n) is 8.89. The first kappa shape index (κ1) is 18.7. The first-order valence-corrected chi connectivity index (χ1v) is 10.7. The van der Waals surface area contributed by atoms with E-state index in [1.807, 2.05) is 12.1 Å². The number of fused-ring (bicyclic) bond motifs is 1. The SMILES string of the molecule is CS(=O)(=O)N1CCC(NC(=O)NCCc2ccc3ccccc3c2)CC1. The number of hydrogen-bond acceptors (Lipinski definition) is 3. The van der Waals surface area contributed by atoms with Crippen molar-refractivity contribution >= 4 is 26.8 Å². The maximum atomic E-state index is 12.0. The van der Waals surface area contributed by atoms with E-state index in [1.165, 1.54) is 26.9 Å². The highest BCUT2D eigenvalue weighted by molar-refractivity contribution is 7.88. The number of rotatable bonds is 5. The average molecular weight is 375 g/mol. The van der Waals surface area contributed by atoms with Crippen LogP contribution >= 0.6 is 0 Å².